The number of anilines is 1. The Morgan fingerprint density at radius 3 is 2.37 bits per heavy atom. The smallest absolute Gasteiger partial charge is 1.00 e. The number of aryl methyl sites for hydroxylation is 1. The maximum absolute atomic E-state index is 2.52. The predicted molar refractivity (Wildman–Crippen MR) is 116 cm³/mol. The summed E-state index contributed by atoms with van der Waals surface area (Å²) in [6, 6.07) is 17.6. The molecule has 0 aliphatic heterocycles. The van der Waals surface area contributed by atoms with Crippen LogP contribution in [-0.4, -0.2) is 58.7 Å². The van der Waals surface area contributed by atoms with E-state index in [0.717, 1.165) is 13.1 Å². The number of aromatic nitrogens is 1. The molecule has 3 rings (SSSR count). The van der Waals surface area contributed by atoms with E-state index in [1.54, 1.807) is 0 Å². The van der Waals surface area contributed by atoms with Crippen LogP contribution in [0, 0.1) is 0 Å². The fourth-order valence-electron chi connectivity index (χ4n) is 3.00. The Bertz CT molecular complexity index is 882. The average Bonchev–Trinajstić information content (AvgIpc) is 2.98. The molecule has 27 heavy (non-hydrogen) atoms. The molecule has 0 saturated carbocycles. The van der Waals surface area contributed by atoms with Gasteiger partial charge in [0.1, 0.15) is 0 Å². The van der Waals surface area contributed by atoms with Gasteiger partial charge in [0, 0.05) is 0 Å². The summed E-state index contributed by atoms with van der Waals surface area (Å²) in [5.41, 5.74) is 3.88. The number of para-hydroxylation sites is 1. The van der Waals surface area contributed by atoms with E-state index in [2.05, 4.69) is 103 Å². The van der Waals surface area contributed by atoms with Crippen LogP contribution in [0.4, 0.5) is 5.69 Å². The van der Waals surface area contributed by atoms with Gasteiger partial charge in [-0.1, -0.05) is 0 Å². The number of halogens is 1. The Morgan fingerprint density at radius 1 is 1.00 bits per heavy atom. The van der Waals surface area contributed by atoms with Crippen LogP contribution >= 0.6 is 0 Å². The number of nitrogens with zero attached hydrogens (tertiary/aromatic N) is 3. The van der Waals surface area contributed by atoms with E-state index in [0.29, 0.717) is 14.5 Å². The molecule has 3 nitrogen and oxygen atoms in total. The molecule has 0 saturated heterocycles. The normalized spacial score (nSPS) is 11.3. The molecular formula is C22H28IN3Se. The molecule has 0 unspecified atom stereocenters. The number of fused-ring (bicyclic) bond motifs is 1. The van der Waals surface area contributed by atoms with Gasteiger partial charge in [0.25, 0.3) is 0 Å². The molecule has 1 heterocycles. The predicted octanol–water partition coefficient (Wildman–Crippen LogP) is 1.17. The van der Waals surface area contributed by atoms with Crippen LogP contribution in [0.2, 0.25) is 0 Å². The molecule has 144 valence electrons. The second kappa shape index (κ2) is 10.4. The first-order valence-corrected chi connectivity index (χ1v) is 10.8. The van der Waals surface area contributed by atoms with Crippen LogP contribution in [0.15, 0.2) is 48.5 Å². The van der Waals surface area contributed by atoms with E-state index in [1.165, 1.54) is 32.0 Å². The Hall–Kier alpha value is -1.14. The zero-order valence-electron chi connectivity index (χ0n) is 16.5. The summed E-state index contributed by atoms with van der Waals surface area (Å²) in [4.78, 5) is 4.39. The third-order valence-corrected chi connectivity index (χ3v) is 6.82. The van der Waals surface area contributed by atoms with Crippen molar-refractivity contribution in [2.24, 2.45) is 0 Å². The van der Waals surface area contributed by atoms with E-state index in [-0.39, 0.29) is 24.0 Å². The molecule has 0 N–H and O–H groups in total. The van der Waals surface area contributed by atoms with Crippen molar-refractivity contribution < 1.29 is 24.0 Å². The van der Waals surface area contributed by atoms with Crippen molar-refractivity contribution in [1.29, 1.82) is 0 Å². The van der Waals surface area contributed by atoms with Gasteiger partial charge in [0.2, 0.25) is 0 Å². The van der Waals surface area contributed by atoms with Gasteiger partial charge in [-0.05, 0) is 0 Å². The first-order valence-electron chi connectivity index (χ1n) is 9.06. The molecule has 1 aromatic heterocycles. The Balaban J connectivity index is 0.00000261. The minimum atomic E-state index is 0. The molecule has 0 bridgehead atoms. The van der Waals surface area contributed by atoms with E-state index in [9.17, 15) is 0 Å². The van der Waals surface area contributed by atoms with Gasteiger partial charge in [0.05, 0.1) is 0 Å². The van der Waals surface area contributed by atoms with E-state index in [1.807, 2.05) is 0 Å². The molecule has 0 spiro atoms. The molecule has 0 radical (unpaired) electrons. The Morgan fingerprint density at radius 2 is 1.70 bits per heavy atom. The first-order chi connectivity index (χ1) is 12.5. The van der Waals surface area contributed by atoms with Gasteiger partial charge in [-0.15, -0.1) is 0 Å². The molecule has 0 fully saturated rings. The molecule has 0 aliphatic carbocycles. The average molecular weight is 540 g/mol. The second-order valence-electron chi connectivity index (χ2n) is 7.04. The fourth-order valence-corrected chi connectivity index (χ4v) is 5.29. The zero-order chi connectivity index (χ0) is 18.5. The van der Waals surface area contributed by atoms with Crippen molar-refractivity contribution >= 4 is 42.1 Å². The minimum absolute atomic E-state index is 0. The summed E-state index contributed by atoms with van der Waals surface area (Å²) < 4.78 is 5.46. The van der Waals surface area contributed by atoms with Crippen LogP contribution < -0.4 is 28.9 Å². The quantitative estimate of drug-likeness (QED) is 0.254. The van der Waals surface area contributed by atoms with Gasteiger partial charge < -0.3 is 24.0 Å². The summed E-state index contributed by atoms with van der Waals surface area (Å²) >= 11 is 0.384. The molecule has 0 atom stereocenters. The maximum Gasteiger partial charge on any atom is -1.00 e. The number of benzene rings is 2. The van der Waals surface area contributed by atoms with Crippen LogP contribution in [-0.2, 0) is 6.54 Å². The summed E-state index contributed by atoms with van der Waals surface area (Å²) in [6.45, 7) is 2.20. The maximum atomic E-state index is 2.52. The monoisotopic (exact) mass is 541 g/mol. The van der Waals surface area contributed by atoms with Gasteiger partial charge in [-0.3, -0.25) is 0 Å². The summed E-state index contributed by atoms with van der Waals surface area (Å²) in [6.07, 6.45) is 5.74. The third kappa shape index (κ3) is 5.92. The molecule has 2 aromatic carbocycles. The van der Waals surface area contributed by atoms with Crippen molar-refractivity contribution in [3.8, 4) is 0 Å². The van der Waals surface area contributed by atoms with Crippen molar-refractivity contribution in [3.63, 3.8) is 0 Å². The largest absolute Gasteiger partial charge is 1.00 e. The molecule has 0 aliphatic rings. The minimum Gasteiger partial charge on any atom is -1.00 e. The van der Waals surface area contributed by atoms with Gasteiger partial charge in [-0.25, -0.2) is 0 Å². The molecule has 3 aromatic rings. The summed E-state index contributed by atoms with van der Waals surface area (Å²) in [5, 5.41) is 0. The van der Waals surface area contributed by atoms with Crippen LogP contribution in [0.3, 0.4) is 0 Å². The van der Waals surface area contributed by atoms with Gasteiger partial charge in [-0.2, -0.15) is 0 Å². The van der Waals surface area contributed by atoms with Crippen LogP contribution in [0.25, 0.3) is 21.9 Å². The van der Waals surface area contributed by atoms with Gasteiger partial charge in [0.15, 0.2) is 0 Å². The van der Waals surface area contributed by atoms with Crippen molar-refractivity contribution in [3.05, 3.63) is 58.7 Å². The van der Waals surface area contributed by atoms with Crippen LogP contribution in [0.5, 0.6) is 0 Å². The topological polar surface area (TPSA) is 11.4 Å². The Labute approximate surface area is 186 Å². The fraction of sp³-hybridized carbons (Fsp3) is 0.318. The van der Waals surface area contributed by atoms with E-state index in [4.69, 9.17) is 0 Å². The van der Waals surface area contributed by atoms with Gasteiger partial charge >= 0.3 is 163 Å². The third-order valence-electron chi connectivity index (χ3n) is 4.45. The second-order valence-corrected chi connectivity index (χ2v) is 9.26. The van der Waals surface area contributed by atoms with Crippen molar-refractivity contribution in [1.82, 2.24) is 9.47 Å². The molecular weight excluding hydrogens is 512 g/mol. The van der Waals surface area contributed by atoms with Crippen molar-refractivity contribution in [2.45, 2.75) is 13.0 Å². The zero-order valence-corrected chi connectivity index (χ0v) is 20.4. The van der Waals surface area contributed by atoms with E-state index >= 15 is 0 Å². The molecule has 5 heteroatoms. The summed E-state index contributed by atoms with van der Waals surface area (Å²) in [5.74, 6) is 0. The number of rotatable bonds is 7. The number of hydrogen-bond donors (Lipinski definition) is 0. The standard InChI is InChI=1S/C22H28N3Se.HI/c1-23(2)16-7-17-25-20-8-5-6-9-21(20)26-22(25)15-12-18-10-13-19(14-11-18)24(3)4;/h5-6,8-15H,7,16-17H2,1-4H3;1H/q+1;/p-1. The first kappa shape index (κ1) is 22.2. The van der Waals surface area contributed by atoms with Crippen molar-refractivity contribution in [2.75, 3.05) is 39.6 Å². The SMILES string of the molecule is CN(C)CCCn1c2ccccc2[se][c+]1C=Cc1ccc(N(C)C)cc1.[I-]. The van der Waals surface area contributed by atoms with Crippen LogP contribution in [0.1, 0.15) is 16.6 Å². The number of hydrogen-bond acceptors (Lipinski definition) is 2. The Kier molecular flexibility index (Phi) is 8.55. The molecule has 0 amide bonds. The summed E-state index contributed by atoms with van der Waals surface area (Å²) in [7, 11) is 8.43. The van der Waals surface area contributed by atoms with E-state index < -0.39 is 0 Å².